The first-order valence-corrected chi connectivity index (χ1v) is 7.96. The first-order valence-electron chi connectivity index (χ1n) is 7.96. The SMILES string of the molecule is CCN(CC)Cc1ccccc1NCc1cccn1CC. The van der Waals surface area contributed by atoms with Crippen LogP contribution in [0, 0.1) is 0 Å². The zero-order valence-electron chi connectivity index (χ0n) is 13.5. The third kappa shape index (κ3) is 4.11. The summed E-state index contributed by atoms with van der Waals surface area (Å²) in [6.07, 6.45) is 2.14. The summed E-state index contributed by atoms with van der Waals surface area (Å²) in [5, 5.41) is 3.60. The Balaban J connectivity index is 2.06. The molecule has 0 aliphatic rings. The molecule has 0 bridgehead atoms. The Morgan fingerprint density at radius 3 is 2.48 bits per heavy atom. The van der Waals surface area contributed by atoms with Crippen LogP contribution in [-0.4, -0.2) is 22.6 Å². The van der Waals surface area contributed by atoms with Gasteiger partial charge in [-0.05, 0) is 43.8 Å². The van der Waals surface area contributed by atoms with Crippen LogP contribution in [0.1, 0.15) is 32.0 Å². The Morgan fingerprint density at radius 1 is 1.00 bits per heavy atom. The fourth-order valence-corrected chi connectivity index (χ4v) is 2.62. The van der Waals surface area contributed by atoms with Crippen molar-refractivity contribution in [3.8, 4) is 0 Å². The molecule has 3 nitrogen and oxygen atoms in total. The van der Waals surface area contributed by atoms with E-state index in [0.29, 0.717) is 0 Å². The summed E-state index contributed by atoms with van der Waals surface area (Å²) in [6.45, 7) is 11.7. The van der Waals surface area contributed by atoms with Crippen molar-refractivity contribution >= 4 is 5.69 Å². The molecule has 0 amide bonds. The van der Waals surface area contributed by atoms with Gasteiger partial charge in [-0.2, -0.15) is 0 Å². The van der Waals surface area contributed by atoms with Crippen molar-refractivity contribution in [3.63, 3.8) is 0 Å². The van der Waals surface area contributed by atoms with Gasteiger partial charge in [0.1, 0.15) is 0 Å². The van der Waals surface area contributed by atoms with E-state index in [2.05, 4.69) is 78.2 Å². The zero-order valence-corrected chi connectivity index (χ0v) is 13.5. The van der Waals surface area contributed by atoms with E-state index in [1.165, 1.54) is 16.9 Å². The van der Waals surface area contributed by atoms with Gasteiger partial charge < -0.3 is 9.88 Å². The maximum Gasteiger partial charge on any atom is 0.0553 e. The smallest absolute Gasteiger partial charge is 0.0553 e. The molecule has 1 N–H and O–H groups in total. The summed E-state index contributed by atoms with van der Waals surface area (Å²) < 4.78 is 2.28. The van der Waals surface area contributed by atoms with E-state index in [1.54, 1.807) is 0 Å². The van der Waals surface area contributed by atoms with Crippen molar-refractivity contribution in [1.82, 2.24) is 9.47 Å². The van der Waals surface area contributed by atoms with Crippen molar-refractivity contribution < 1.29 is 0 Å². The molecule has 0 saturated carbocycles. The maximum absolute atomic E-state index is 3.60. The first kappa shape index (κ1) is 15.6. The van der Waals surface area contributed by atoms with E-state index in [4.69, 9.17) is 0 Å². The highest BCUT2D eigenvalue weighted by molar-refractivity contribution is 5.51. The fourth-order valence-electron chi connectivity index (χ4n) is 2.62. The highest BCUT2D eigenvalue weighted by atomic mass is 15.1. The molecule has 1 aromatic carbocycles. The van der Waals surface area contributed by atoms with Gasteiger partial charge in [0.25, 0.3) is 0 Å². The monoisotopic (exact) mass is 285 g/mol. The van der Waals surface area contributed by atoms with Crippen molar-refractivity contribution in [2.75, 3.05) is 18.4 Å². The largest absolute Gasteiger partial charge is 0.379 e. The van der Waals surface area contributed by atoms with Gasteiger partial charge >= 0.3 is 0 Å². The van der Waals surface area contributed by atoms with Crippen LogP contribution in [0.3, 0.4) is 0 Å². The van der Waals surface area contributed by atoms with Crippen LogP contribution in [0.4, 0.5) is 5.69 Å². The zero-order chi connectivity index (χ0) is 15.1. The Hall–Kier alpha value is -1.74. The molecule has 0 aliphatic carbocycles. The Labute approximate surface area is 128 Å². The number of anilines is 1. The number of hydrogen-bond acceptors (Lipinski definition) is 2. The molecule has 2 aromatic rings. The highest BCUT2D eigenvalue weighted by Crippen LogP contribution is 2.18. The molecule has 1 aromatic heterocycles. The van der Waals surface area contributed by atoms with Gasteiger partial charge in [0.2, 0.25) is 0 Å². The van der Waals surface area contributed by atoms with Crippen LogP contribution in [0.5, 0.6) is 0 Å². The molecule has 0 fully saturated rings. The van der Waals surface area contributed by atoms with Gasteiger partial charge in [-0.15, -0.1) is 0 Å². The number of benzene rings is 1. The molecular weight excluding hydrogens is 258 g/mol. The standard InChI is InChI=1S/C18H27N3/c1-4-20(5-2)15-16-10-7-8-12-18(16)19-14-17-11-9-13-21(17)6-3/h7-13,19H,4-6,14-15H2,1-3H3. The van der Waals surface area contributed by atoms with E-state index >= 15 is 0 Å². The van der Waals surface area contributed by atoms with Crippen molar-refractivity contribution in [2.45, 2.75) is 40.4 Å². The molecule has 1 heterocycles. The van der Waals surface area contributed by atoms with Crippen LogP contribution in [-0.2, 0) is 19.6 Å². The second-order valence-electron chi connectivity index (χ2n) is 5.26. The molecule has 114 valence electrons. The number of rotatable bonds is 8. The van der Waals surface area contributed by atoms with E-state index in [0.717, 1.165) is 32.7 Å². The molecule has 0 radical (unpaired) electrons. The number of nitrogens with zero attached hydrogens (tertiary/aromatic N) is 2. The predicted octanol–water partition coefficient (Wildman–Crippen LogP) is 3.96. The van der Waals surface area contributed by atoms with Gasteiger partial charge in [0.05, 0.1) is 6.54 Å². The van der Waals surface area contributed by atoms with E-state index in [9.17, 15) is 0 Å². The van der Waals surface area contributed by atoms with Crippen LogP contribution in [0.2, 0.25) is 0 Å². The Morgan fingerprint density at radius 2 is 1.76 bits per heavy atom. The lowest BCUT2D eigenvalue weighted by Gasteiger charge is -2.20. The van der Waals surface area contributed by atoms with Crippen molar-refractivity contribution in [1.29, 1.82) is 0 Å². The second-order valence-corrected chi connectivity index (χ2v) is 5.26. The minimum Gasteiger partial charge on any atom is -0.379 e. The Bertz CT molecular complexity index is 541. The lowest BCUT2D eigenvalue weighted by Crippen LogP contribution is -2.22. The third-order valence-corrected chi connectivity index (χ3v) is 4.03. The fraction of sp³-hybridized carbons (Fsp3) is 0.444. The minimum atomic E-state index is 0.871. The van der Waals surface area contributed by atoms with Crippen molar-refractivity contribution in [3.05, 3.63) is 53.9 Å². The lowest BCUT2D eigenvalue weighted by molar-refractivity contribution is 0.296. The lowest BCUT2D eigenvalue weighted by atomic mass is 10.1. The summed E-state index contributed by atoms with van der Waals surface area (Å²) in [5.74, 6) is 0. The summed E-state index contributed by atoms with van der Waals surface area (Å²) >= 11 is 0. The third-order valence-electron chi connectivity index (χ3n) is 4.03. The number of hydrogen-bond donors (Lipinski definition) is 1. The van der Waals surface area contributed by atoms with Crippen LogP contribution in [0.15, 0.2) is 42.6 Å². The number of nitrogens with one attached hydrogen (secondary N) is 1. The average molecular weight is 285 g/mol. The van der Waals surface area contributed by atoms with E-state index in [-0.39, 0.29) is 0 Å². The molecule has 0 spiro atoms. The predicted molar refractivity (Wildman–Crippen MR) is 90.5 cm³/mol. The summed E-state index contributed by atoms with van der Waals surface area (Å²) in [6, 6.07) is 12.9. The van der Waals surface area contributed by atoms with E-state index in [1.807, 2.05) is 0 Å². The van der Waals surface area contributed by atoms with Gasteiger partial charge in [-0.1, -0.05) is 32.0 Å². The molecule has 0 atom stereocenters. The topological polar surface area (TPSA) is 20.2 Å². The highest BCUT2D eigenvalue weighted by Gasteiger charge is 2.06. The summed E-state index contributed by atoms with van der Waals surface area (Å²) in [7, 11) is 0. The second kappa shape index (κ2) is 7.89. The number of aryl methyl sites for hydroxylation is 1. The summed E-state index contributed by atoms with van der Waals surface area (Å²) in [5.41, 5.74) is 3.94. The van der Waals surface area contributed by atoms with Gasteiger partial charge in [-0.3, -0.25) is 4.90 Å². The molecule has 0 aliphatic heterocycles. The molecule has 0 unspecified atom stereocenters. The Kier molecular flexibility index (Phi) is 5.88. The van der Waals surface area contributed by atoms with Gasteiger partial charge in [-0.25, -0.2) is 0 Å². The number of aromatic nitrogens is 1. The first-order chi connectivity index (χ1) is 10.3. The minimum absolute atomic E-state index is 0.871. The molecular formula is C18H27N3. The van der Waals surface area contributed by atoms with Gasteiger partial charge in [0, 0.05) is 30.7 Å². The molecule has 21 heavy (non-hydrogen) atoms. The van der Waals surface area contributed by atoms with Gasteiger partial charge in [0.15, 0.2) is 0 Å². The molecule has 0 saturated heterocycles. The van der Waals surface area contributed by atoms with Crippen LogP contribution < -0.4 is 5.32 Å². The average Bonchev–Trinajstić information content (AvgIpc) is 2.99. The summed E-state index contributed by atoms with van der Waals surface area (Å²) in [4.78, 5) is 2.44. The molecule has 2 rings (SSSR count). The van der Waals surface area contributed by atoms with Crippen LogP contribution in [0.25, 0.3) is 0 Å². The maximum atomic E-state index is 3.60. The molecule has 3 heteroatoms. The van der Waals surface area contributed by atoms with Crippen LogP contribution >= 0.6 is 0 Å². The normalized spacial score (nSPS) is 11.0. The van der Waals surface area contributed by atoms with E-state index < -0.39 is 0 Å². The van der Waals surface area contributed by atoms with Crippen molar-refractivity contribution in [2.24, 2.45) is 0 Å². The quantitative estimate of drug-likeness (QED) is 0.792. The number of para-hydroxylation sites is 1.